The van der Waals surface area contributed by atoms with Crippen LogP contribution < -0.4 is 5.32 Å². The molecule has 2 rings (SSSR count). The number of likely N-dealkylation sites (tertiary alicyclic amines) is 1. The van der Waals surface area contributed by atoms with Crippen LogP contribution in [-0.2, 0) is 0 Å². The first-order valence-electron chi connectivity index (χ1n) is 7.62. The second-order valence-electron chi connectivity index (χ2n) is 5.88. The van der Waals surface area contributed by atoms with Crippen molar-refractivity contribution in [1.29, 1.82) is 0 Å². The summed E-state index contributed by atoms with van der Waals surface area (Å²) >= 11 is 0. The van der Waals surface area contributed by atoms with Crippen LogP contribution in [-0.4, -0.2) is 35.4 Å². The Morgan fingerprint density at radius 3 is 2.95 bits per heavy atom. The minimum atomic E-state index is 0.0632. The molecule has 1 amide bonds. The van der Waals surface area contributed by atoms with Gasteiger partial charge in [0.25, 0.3) is 5.91 Å². The highest BCUT2D eigenvalue weighted by Crippen LogP contribution is 2.24. The molecule has 1 N–H and O–H groups in total. The number of rotatable bonds is 5. The van der Waals surface area contributed by atoms with Crippen LogP contribution in [0, 0.1) is 11.8 Å². The van der Waals surface area contributed by atoms with Crippen LogP contribution in [0.25, 0.3) is 0 Å². The maximum absolute atomic E-state index is 12.5. The predicted molar refractivity (Wildman–Crippen MR) is 81.9 cm³/mol. The first-order valence-corrected chi connectivity index (χ1v) is 7.62. The summed E-state index contributed by atoms with van der Waals surface area (Å²) in [7, 11) is 0. The maximum Gasteiger partial charge on any atom is 0.272 e. The summed E-state index contributed by atoms with van der Waals surface area (Å²) in [4.78, 5) is 18.8. The molecule has 1 aromatic rings. The lowest BCUT2D eigenvalue weighted by atomic mass is 9.95. The van der Waals surface area contributed by atoms with Gasteiger partial charge in [0.2, 0.25) is 0 Å². The van der Waals surface area contributed by atoms with Gasteiger partial charge in [0.1, 0.15) is 11.5 Å². The van der Waals surface area contributed by atoms with Gasteiger partial charge in [-0.15, -0.1) is 0 Å². The Labute approximate surface area is 121 Å². The molecule has 0 spiro atoms. The maximum atomic E-state index is 12.5. The highest BCUT2D eigenvalue weighted by molar-refractivity contribution is 5.92. The molecule has 1 atom stereocenters. The van der Waals surface area contributed by atoms with Crippen LogP contribution in [0.5, 0.6) is 0 Å². The number of nitrogens with zero attached hydrogens (tertiary/aromatic N) is 2. The van der Waals surface area contributed by atoms with Crippen molar-refractivity contribution in [3.05, 3.63) is 23.9 Å². The zero-order valence-electron chi connectivity index (χ0n) is 12.7. The van der Waals surface area contributed by atoms with Gasteiger partial charge in [-0.2, -0.15) is 0 Å². The summed E-state index contributed by atoms with van der Waals surface area (Å²) in [5.41, 5.74) is 0.551. The van der Waals surface area contributed by atoms with Crippen molar-refractivity contribution >= 4 is 11.7 Å². The molecule has 2 heterocycles. The molecule has 110 valence electrons. The molecule has 0 aromatic carbocycles. The van der Waals surface area contributed by atoms with Crippen molar-refractivity contribution in [3.63, 3.8) is 0 Å². The van der Waals surface area contributed by atoms with E-state index in [1.807, 2.05) is 23.1 Å². The smallest absolute Gasteiger partial charge is 0.272 e. The molecule has 1 aliphatic rings. The topological polar surface area (TPSA) is 45.2 Å². The van der Waals surface area contributed by atoms with E-state index in [0.29, 0.717) is 17.5 Å². The fraction of sp³-hybridized carbons (Fsp3) is 0.625. The number of carbonyl (C=O) groups is 1. The third kappa shape index (κ3) is 3.50. The summed E-state index contributed by atoms with van der Waals surface area (Å²) in [6.45, 7) is 9.17. The van der Waals surface area contributed by atoms with Crippen molar-refractivity contribution in [2.45, 2.75) is 33.6 Å². The molecule has 0 bridgehead atoms. The van der Waals surface area contributed by atoms with Crippen molar-refractivity contribution in [1.82, 2.24) is 9.88 Å². The lowest BCUT2D eigenvalue weighted by Crippen LogP contribution is -2.30. The lowest BCUT2D eigenvalue weighted by Gasteiger charge is -2.18. The van der Waals surface area contributed by atoms with Crippen LogP contribution in [0.3, 0.4) is 0 Å². The number of hydrogen-bond donors (Lipinski definition) is 1. The molecule has 4 nitrogen and oxygen atoms in total. The Morgan fingerprint density at radius 2 is 2.30 bits per heavy atom. The normalized spacial score (nSPS) is 18.6. The molecular weight excluding hydrogens is 250 g/mol. The standard InChI is InChI=1S/C16H25N3O/c1-4-9-17-15-7-5-6-14(18-15)16(20)19-10-8-13(11-19)12(2)3/h5-7,12-13H,4,8-11H2,1-3H3,(H,17,18). The van der Waals surface area contributed by atoms with E-state index in [-0.39, 0.29) is 5.91 Å². The molecule has 0 radical (unpaired) electrons. The molecule has 0 aliphatic carbocycles. The predicted octanol–water partition coefficient (Wildman–Crippen LogP) is 3.02. The van der Waals surface area contributed by atoms with E-state index in [4.69, 9.17) is 0 Å². The second-order valence-corrected chi connectivity index (χ2v) is 5.88. The Kier molecular flexibility index (Phi) is 4.99. The zero-order chi connectivity index (χ0) is 14.5. The van der Waals surface area contributed by atoms with Gasteiger partial charge in [0.15, 0.2) is 0 Å². The fourth-order valence-corrected chi connectivity index (χ4v) is 2.58. The van der Waals surface area contributed by atoms with Crippen molar-refractivity contribution in [3.8, 4) is 0 Å². The Hall–Kier alpha value is -1.58. The quantitative estimate of drug-likeness (QED) is 0.898. The van der Waals surface area contributed by atoms with Gasteiger partial charge in [-0.05, 0) is 36.8 Å². The second kappa shape index (κ2) is 6.73. The fourth-order valence-electron chi connectivity index (χ4n) is 2.58. The summed E-state index contributed by atoms with van der Waals surface area (Å²) in [5, 5.41) is 3.23. The van der Waals surface area contributed by atoms with Crippen molar-refractivity contribution < 1.29 is 4.79 Å². The largest absolute Gasteiger partial charge is 0.370 e. The molecule has 1 fully saturated rings. The third-order valence-electron chi connectivity index (χ3n) is 3.98. The first kappa shape index (κ1) is 14.8. The monoisotopic (exact) mass is 275 g/mol. The Balaban J connectivity index is 2.02. The average molecular weight is 275 g/mol. The van der Waals surface area contributed by atoms with E-state index in [0.717, 1.165) is 38.3 Å². The number of aromatic nitrogens is 1. The van der Waals surface area contributed by atoms with Crippen LogP contribution in [0.1, 0.15) is 44.1 Å². The van der Waals surface area contributed by atoms with Crippen LogP contribution in [0.2, 0.25) is 0 Å². The zero-order valence-corrected chi connectivity index (χ0v) is 12.7. The van der Waals surface area contributed by atoms with Crippen LogP contribution in [0.15, 0.2) is 18.2 Å². The lowest BCUT2D eigenvalue weighted by molar-refractivity contribution is 0.0778. The molecule has 20 heavy (non-hydrogen) atoms. The number of carbonyl (C=O) groups excluding carboxylic acids is 1. The van der Waals surface area contributed by atoms with Crippen molar-refractivity contribution in [2.24, 2.45) is 11.8 Å². The summed E-state index contributed by atoms with van der Waals surface area (Å²) in [5.74, 6) is 2.12. The van der Waals surface area contributed by atoms with E-state index in [9.17, 15) is 4.79 Å². The van der Waals surface area contributed by atoms with Gasteiger partial charge >= 0.3 is 0 Å². The number of pyridine rings is 1. The highest BCUT2D eigenvalue weighted by Gasteiger charge is 2.29. The molecular formula is C16H25N3O. The van der Waals surface area contributed by atoms with E-state index in [1.54, 1.807) is 0 Å². The van der Waals surface area contributed by atoms with Crippen LogP contribution in [0.4, 0.5) is 5.82 Å². The molecule has 0 saturated carbocycles. The van der Waals surface area contributed by atoms with Crippen molar-refractivity contribution in [2.75, 3.05) is 25.0 Å². The van der Waals surface area contributed by atoms with Gasteiger partial charge in [-0.3, -0.25) is 4.79 Å². The Bertz CT molecular complexity index is 459. The van der Waals surface area contributed by atoms with E-state index < -0.39 is 0 Å². The molecule has 1 aliphatic heterocycles. The van der Waals surface area contributed by atoms with E-state index in [2.05, 4.69) is 31.1 Å². The van der Waals surface area contributed by atoms with Gasteiger partial charge in [0, 0.05) is 19.6 Å². The molecule has 1 unspecified atom stereocenters. The van der Waals surface area contributed by atoms with E-state index >= 15 is 0 Å². The van der Waals surface area contributed by atoms with Gasteiger partial charge in [0.05, 0.1) is 0 Å². The average Bonchev–Trinajstić information content (AvgIpc) is 2.94. The Morgan fingerprint density at radius 1 is 1.50 bits per heavy atom. The number of nitrogens with one attached hydrogen (secondary N) is 1. The van der Waals surface area contributed by atoms with Gasteiger partial charge in [-0.25, -0.2) is 4.98 Å². The molecule has 1 saturated heterocycles. The first-order chi connectivity index (χ1) is 9.61. The van der Waals surface area contributed by atoms with Gasteiger partial charge in [-0.1, -0.05) is 26.8 Å². The third-order valence-corrected chi connectivity index (χ3v) is 3.98. The number of amides is 1. The minimum Gasteiger partial charge on any atom is -0.370 e. The molecule has 1 aromatic heterocycles. The summed E-state index contributed by atoms with van der Waals surface area (Å²) in [6, 6.07) is 5.61. The summed E-state index contributed by atoms with van der Waals surface area (Å²) < 4.78 is 0. The minimum absolute atomic E-state index is 0.0632. The molecule has 4 heteroatoms. The van der Waals surface area contributed by atoms with E-state index in [1.165, 1.54) is 0 Å². The number of anilines is 1. The highest BCUT2D eigenvalue weighted by atomic mass is 16.2. The SMILES string of the molecule is CCCNc1cccc(C(=O)N2CCC(C(C)C)C2)n1. The van der Waals surface area contributed by atoms with Crippen LogP contribution >= 0.6 is 0 Å². The summed E-state index contributed by atoms with van der Waals surface area (Å²) in [6.07, 6.45) is 2.15. The number of hydrogen-bond acceptors (Lipinski definition) is 3. The van der Waals surface area contributed by atoms with Gasteiger partial charge < -0.3 is 10.2 Å².